The molecule has 0 fully saturated rings. The Labute approximate surface area is 124 Å². The Balaban J connectivity index is 2.20. The van der Waals surface area contributed by atoms with Crippen molar-refractivity contribution in [3.63, 3.8) is 0 Å². The molecule has 0 amide bonds. The van der Waals surface area contributed by atoms with Crippen molar-refractivity contribution in [2.45, 2.75) is 6.92 Å². The summed E-state index contributed by atoms with van der Waals surface area (Å²) in [5.41, 5.74) is 2.96. The molecule has 0 atom stereocenters. The Morgan fingerprint density at radius 1 is 1.00 bits per heavy atom. The van der Waals surface area contributed by atoms with E-state index in [1.54, 1.807) is 12.1 Å². The third-order valence-corrected chi connectivity index (χ3v) is 3.73. The molecular formula is C14H8Cl3NO. The number of oxazole rings is 1. The van der Waals surface area contributed by atoms with Gasteiger partial charge in [-0.15, -0.1) is 0 Å². The smallest absolute Gasteiger partial charge is 0.227 e. The average Bonchev–Trinajstić information content (AvgIpc) is 2.76. The van der Waals surface area contributed by atoms with Gasteiger partial charge in [0.25, 0.3) is 0 Å². The molecule has 0 aliphatic carbocycles. The minimum absolute atomic E-state index is 0.444. The van der Waals surface area contributed by atoms with E-state index in [0.29, 0.717) is 32.1 Å². The molecule has 0 aliphatic heterocycles. The second-order valence-electron chi connectivity index (χ2n) is 4.22. The Bertz CT molecular complexity index is 780. The van der Waals surface area contributed by atoms with Gasteiger partial charge in [0.2, 0.25) is 5.89 Å². The molecular weight excluding hydrogens is 305 g/mol. The molecule has 5 heteroatoms. The van der Waals surface area contributed by atoms with Crippen LogP contribution < -0.4 is 0 Å². The van der Waals surface area contributed by atoms with Crippen molar-refractivity contribution in [1.82, 2.24) is 4.98 Å². The standard InChI is InChI=1S/C14H8Cl3NO/c1-7-2-3-8(4-10(7)16)14-18-12-6-9(15)5-11(17)13(12)19-14/h2-6H,1H3. The topological polar surface area (TPSA) is 26.0 Å². The first kappa shape index (κ1) is 12.8. The molecule has 96 valence electrons. The molecule has 2 nitrogen and oxygen atoms in total. The fourth-order valence-corrected chi connectivity index (χ4v) is 2.51. The predicted molar refractivity (Wildman–Crippen MR) is 79.2 cm³/mol. The summed E-state index contributed by atoms with van der Waals surface area (Å²) in [7, 11) is 0. The second kappa shape index (κ2) is 4.71. The number of aromatic nitrogens is 1. The van der Waals surface area contributed by atoms with E-state index in [4.69, 9.17) is 39.2 Å². The van der Waals surface area contributed by atoms with Crippen molar-refractivity contribution < 1.29 is 4.42 Å². The number of hydrogen-bond donors (Lipinski definition) is 0. The van der Waals surface area contributed by atoms with Gasteiger partial charge in [0.05, 0.1) is 5.02 Å². The third kappa shape index (κ3) is 2.32. The molecule has 3 aromatic rings. The highest BCUT2D eigenvalue weighted by Gasteiger charge is 2.12. The summed E-state index contributed by atoms with van der Waals surface area (Å²) in [4.78, 5) is 4.38. The molecule has 3 rings (SSSR count). The molecule has 0 saturated heterocycles. The number of aryl methyl sites for hydroxylation is 1. The zero-order valence-corrected chi connectivity index (χ0v) is 12.1. The molecule has 0 N–H and O–H groups in total. The minimum atomic E-state index is 0.444. The van der Waals surface area contributed by atoms with Gasteiger partial charge in [-0.05, 0) is 36.8 Å². The summed E-state index contributed by atoms with van der Waals surface area (Å²) < 4.78 is 5.67. The maximum absolute atomic E-state index is 6.10. The van der Waals surface area contributed by atoms with Crippen LogP contribution in [0.25, 0.3) is 22.6 Å². The maximum Gasteiger partial charge on any atom is 0.227 e. The molecule has 0 bridgehead atoms. The van der Waals surface area contributed by atoms with E-state index >= 15 is 0 Å². The van der Waals surface area contributed by atoms with E-state index in [2.05, 4.69) is 4.98 Å². The normalized spacial score (nSPS) is 11.2. The summed E-state index contributed by atoms with van der Waals surface area (Å²) in [6.07, 6.45) is 0. The molecule has 1 aromatic heterocycles. The quantitative estimate of drug-likeness (QED) is 0.570. The van der Waals surface area contributed by atoms with Gasteiger partial charge in [0.15, 0.2) is 5.58 Å². The number of benzene rings is 2. The molecule has 0 saturated carbocycles. The average molecular weight is 313 g/mol. The van der Waals surface area contributed by atoms with Gasteiger partial charge in [-0.3, -0.25) is 0 Å². The summed E-state index contributed by atoms with van der Waals surface area (Å²) in [6.45, 7) is 1.94. The largest absolute Gasteiger partial charge is 0.435 e. The molecule has 2 aromatic carbocycles. The number of halogens is 3. The van der Waals surface area contributed by atoms with E-state index < -0.39 is 0 Å². The van der Waals surface area contributed by atoms with E-state index in [9.17, 15) is 0 Å². The van der Waals surface area contributed by atoms with Gasteiger partial charge < -0.3 is 4.42 Å². The Morgan fingerprint density at radius 2 is 1.79 bits per heavy atom. The lowest BCUT2D eigenvalue weighted by atomic mass is 10.1. The fourth-order valence-electron chi connectivity index (χ4n) is 1.81. The van der Waals surface area contributed by atoms with Crippen molar-refractivity contribution in [3.8, 4) is 11.5 Å². The van der Waals surface area contributed by atoms with Crippen LogP contribution in [0.4, 0.5) is 0 Å². The fraction of sp³-hybridized carbons (Fsp3) is 0.0714. The van der Waals surface area contributed by atoms with Crippen LogP contribution in [0, 0.1) is 6.92 Å². The van der Waals surface area contributed by atoms with Crippen molar-refractivity contribution in [3.05, 3.63) is 51.0 Å². The van der Waals surface area contributed by atoms with Crippen molar-refractivity contribution in [1.29, 1.82) is 0 Å². The van der Waals surface area contributed by atoms with Crippen LogP contribution in [0.15, 0.2) is 34.7 Å². The lowest BCUT2D eigenvalue weighted by Gasteiger charge is -1.99. The van der Waals surface area contributed by atoms with Gasteiger partial charge in [0.1, 0.15) is 5.52 Å². The van der Waals surface area contributed by atoms with Gasteiger partial charge in [-0.25, -0.2) is 4.98 Å². The summed E-state index contributed by atoms with van der Waals surface area (Å²) in [5.74, 6) is 0.473. The minimum Gasteiger partial charge on any atom is -0.435 e. The first-order valence-corrected chi connectivity index (χ1v) is 6.70. The van der Waals surface area contributed by atoms with Crippen molar-refractivity contribution in [2.24, 2.45) is 0 Å². The monoisotopic (exact) mass is 311 g/mol. The Kier molecular flexibility index (Phi) is 3.17. The highest BCUT2D eigenvalue weighted by atomic mass is 35.5. The molecule has 0 radical (unpaired) electrons. The Morgan fingerprint density at radius 3 is 2.53 bits per heavy atom. The van der Waals surface area contributed by atoms with Crippen LogP contribution in [0.2, 0.25) is 15.1 Å². The molecule has 0 aliphatic rings. The van der Waals surface area contributed by atoms with Crippen LogP contribution in [0.1, 0.15) is 5.56 Å². The first-order valence-electron chi connectivity index (χ1n) is 5.57. The summed E-state index contributed by atoms with van der Waals surface area (Å²) >= 11 is 18.1. The van der Waals surface area contributed by atoms with E-state index in [1.807, 2.05) is 25.1 Å². The van der Waals surface area contributed by atoms with E-state index in [0.717, 1.165) is 11.1 Å². The van der Waals surface area contributed by atoms with Crippen LogP contribution in [0.3, 0.4) is 0 Å². The number of hydrogen-bond acceptors (Lipinski definition) is 2. The zero-order chi connectivity index (χ0) is 13.6. The summed E-state index contributed by atoms with van der Waals surface area (Å²) in [5, 5.41) is 1.64. The summed E-state index contributed by atoms with van der Waals surface area (Å²) in [6, 6.07) is 8.98. The van der Waals surface area contributed by atoms with E-state index in [-0.39, 0.29) is 0 Å². The molecule has 19 heavy (non-hydrogen) atoms. The first-order chi connectivity index (χ1) is 9.04. The predicted octanol–water partition coefficient (Wildman–Crippen LogP) is 5.76. The third-order valence-electron chi connectivity index (χ3n) is 2.83. The number of fused-ring (bicyclic) bond motifs is 1. The van der Waals surface area contributed by atoms with Crippen molar-refractivity contribution in [2.75, 3.05) is 0 Å². The van der Waals surface area contributed by atoms with Gasteiger partial charge in [-0.1, -0.05) is 40.9 Å². The van der Waals surface area contributed by atoms with Crippen molar-refractivity contribution >= 4 is 45.9 Å². The highest BCUT2D eigenvalue weighted by Crippen LogP contribution is 2.32. The maximum atomic E-state index is 6.10. The van der Waals surface area contributed by atoms with Gasteiger partial charge in [0, 0.05) is 15.6 Å². The SMILES string of the molecule is Cc1ccc(-c2nc3cc(Cl)cc(Cl)c3o2)cc1Cl. The lowest BCUT2D eigenvalue weighted by Crippen LogP contribution is -1.80. The molecule has 0 unspecified atom stereocenters. The van der Waals surface area contributed by atoms with Crippen LogP contribution in [-0.2, 0) is 0 Å². The highest BCUT2D eigenvalue weighted by molar-refractivity contribution is 6.38. The van der Waals surface area contributed by atoms with Gasteiger partial charge >= 0.3 is 0 Å². The zero-order valence-electron chi connectivity index (χ0n) is 9.88. The van der Waals surface area contributed by atoms with Crippen LogP contribution in [-0.4, -0.2) is 4.98 Å². The number of rotatable bonds is 1. The Hall–Kier alpha value is -1.22. The number of nitrogens with zero attached hydrogens (tertiary/aromatic N) is 1. The second-order valence-corrected chi connectivity index (χ2v) is 5.47. The van der Waals surface area contributed by atoms with Crippen LogP contribution >= 0.6 is 34.8 Å². The van der Waals surface area contributed by atoms with Crippen LogP contribution in [0.5, 0.6) is 0 Å². The lowest BCUT2D eigenvalue weighted by molar-refractivity contribution is 0.620. The molecule has 1 heterocycles. The van der Waals surface area contributed by atoms with E-state index in [1.165, 1.54) is 0 Å². The van der Waals surface area contributed by atoms with Gasteiger partial charge in [-0.2, -0.15) is 0 Å². The molecule has 0 spiro atoms.